The maximum atomic E-state index is 11.0. The number of aromatic nitrogens is 1. The van der Waals surface area contributed by atoms with E-state index in [4.69, 9.17) is 9.84 Å². The van der Waals surface area contributed by atoms with Crippen molar-refractivity contribution in [3.05, 3.63) is 57.8 Å². The Morgan fingerprint density at radius 1 is 1.42 bits per heavy atom. The van der Waals surface area contributed by atoms with E-state index in [1.54, 1.807) is 12.1 Å². The van der Waals surface area contributed by atoms with Gasteiger partial charge in [0.25, 0.3) is 0 Å². The van der Waals surface area contributed by atoms with E-state index in [-0.39, 0.29) is 12.3 Å². The largest absolute Gasteiger partial charge is 0.489 e. The molecule has 1 aromatic carbocycles. The van der Waals surface area contributed by atoms with Gasteiger partial charge in [-0.25, -0.2) is 9.78 Å². The van der Waals surface area contributed by atoms with E-state index in [2.05, 4.69) is 20.9 Å². The molecular formula is C14H12BrNO3. The molecule has 0 aliphatic rings. The van der Waals surface area contributed by atoms with Crippen LogP contribution in [-0.4, -0.2) is 16.1 Å². The maximum Gasteiger partial charge on any atom is 0.354 e. The van der Waals surface area contributed by atoms with Crippen molar-refractivity contribution in [2.24, 2.45) is 0 Å². The molecule has 0 saturated carbocycles. The van der Waals surface area contributed by atoms with Gasteiger partial charge in [-0.15, -0.1) is 0 Å². The fraction of sp³-hybridized carbons (Fsp3) is 0.143. The highest BCUT2D eigenvalue weighted by Gasteiger charge is 2.11. The maximum absolute atomic E-state index is 11.0. The first kappa shape index (κ1) is 13.5. The monoisotopic (exact) mass is 321 g/mol. The number of hydrogen-bond acceptors (Lipinski definition) is 3. The van der Waals surface area contributed by atoms with Crippen LogP contribution in [0.2, 0.25) is 0 Å². The topological polar surface area (TPSA) is 59.4 Å². The average Bonchev–Trinajstić information content (AvgIpc) is 2.40. The fourth-order valence-electron chi connectivity index (χ4n) is 1.63. The van der Waals surface area contributed by atoms with Gasteiger partial charge in [-0.05, 0) is 30.7 Å². The summed E-state index contributed by atoms with van der Waals surface area (Å²) in [6.07, 6.45) is 1.46. The lowest BCUT2D eigenvalue weighted by Crippen LogP contribution is -2.08. The molecule has 0 aliphatic heterocycles. The molecule has 0 bridgehead atoms. The number of halogens is 1. The number of aryl methyl sites for hydroxylation is 1. The van der Waals surface area contributed by atoms with Crippen LogP contribution in [0.4, 0.5) is 0 Å². The molecule has 2 aromatic rings. The standard InChI is InChI=1S/C14H12BrNO3/c1-9-4-5-11(15)7-12(9)19-8-10-3-2-6-16-13(10)14(17)18/h2-7H,8H2,1H3,(H,17,18). The molecule has 5 heteroatoms. The molecule has 0 aliphatic carbocycles. The molecule has 1 N–H and O–H groups in total. The van der Waals surface area contributed by atoms with Crippen LogP contribution in [-0.2, 0) is 6.61 Å². The van der Waals surface area contributed by atoms with Crippen LogP contribution in [0.3, 0.4) is 0 Å². The highest BCUT2D eigenvalue weighted by Crippen LogP contribution is 2.24. The summed E-state index contributed by atoms with van der Waals surface area (Å²) < 4.78 is 6.58. The average molecular weight is 322 g/mol. The van der Waals surface area contributed by atoms with Crippen LogP contribution in [0.1, 0.15) is 21.6 Å². The highest BCUT2D eigenvalue weighted by molar-refractivity contribution is 9.10. The van der Waals surface area contributed by atoms with Crippen LogP contribution in [0.25, 0.3) is 0 Å². The smallest absolute Gasteiger partial charge is 0.354 e. The predicted molar refractivity (Wildman–Crippen MR) is 74.4 cm³/mol. The summed E-state index contributed by atoms with van der Waals surface area (Å²) in [5, 5.41) is 9.04. The van der Waals surface area contributed by atoms with Gasteiger partial charge in [-0.1, -0.05) is 28.1 Å². The minimum atomic E-state index is -1.05. The van der Waals surface area contributed by atoms with Crippen molar-refractivity contribution in [2.45, 2.75) is 13.5 Å². The summed E-state index contributed by atoms with van der Waals surface area (Å²) in [4.78, 5) is 14.9. The minimum absolute atomic E-state index is 0.0233. The number of rotatable bonds is 4. The first-order chi connectivity index (χ1) is 9.08. The van der Waals surface area contributed by atoms with E-state index in [0.717, 1.165) is 15.8 Å². The lowest BCUT2D eigenvalue weighted by molar-refractivity contribution is 0.0687. The molecule has 2 rings (SSSR count). The molecule has 1 heterocycles. The van der Waals surface area contributed by atoms with Gasteiger partial charge in [0.15, 0.2) is 5.69 Å². The molecular weight excluding hydrogens is 310 g/mol. The van der Waals surface area contributed by atoms with E-state index in [1.807, 2.05) is 25.1 Å². The van der Waals surface area contributed by atoms with E-state index in [0.29, 0.717) is 5.56 Å². The van der Waals surface area contributed by atoms with Gasteiger partial charge in [0.05, 0.1) is 0 Å². The van der Waals surface area contributed by atoms with Crippen molar-refractivity contribution in [3.8, 4) is 5.75 Å². The molecule has 0 amide bonds. The van der Waals surface area contributed by atoms with Gasteiger partial charge >= 0.3 is 5.97 Å². The number of carbonyl (C=O) groups is 1. The summed E-state index contributed by atoms with van der Waals surface area (Å²) in [6.45, 7) is 2.11. The first-order valence-electron chi connectivity index (χ1n) is 5.64. The zero-order chi connectivity index (χ0) is 13.8. The fourth-order valence-corrected chi connectivity index (χ4v) is 1.97. The second kappa shape index (κ2) is 5.84. The van der Waals surface area contributed by atoms with Crippen LogP contribution < -0.4 is 4.74 Å². The molecule has 19 heavy (non-hydrogen) atoms. The molecule has 1 aromatic heterocycles. The zero-order valence-electron chi connectivity index (χ0n) is 10.3. The van der Waals surface area contributed by atoms with Crippen molar-refractivity contribution in [3.63, 3.8) is 0 Å². The van der Waals surface area contributed by atoms with Crippen molar-refractivity contribution in [2.75, 3.05) is 0 Å². The Hall–Kier alpha value is -1.88. The molecule has 0 unspecified atom stereocenters. The summed E-state index contributed by atoms with van der Waals surface area (Å²) in [6, 6.07) is 9.10. The van der Waals surface area contributed by atoms with Crippen LogP contribution in [0.5, 0.6) is 5.75 Å². The van der Waals surface area contributed by atoms with Crippen molar-refractivity contribution >= 4 is 21.9 Å². The summed E-state index contributed by atoms with van der Waals surface area (Å²) >= 11 is 3.37. The lowest BCUT2D eigenvalue weighted by Gasteiger charge is -2.10. The second-order valence-electron chi connectivity index (χ2n) is 4.01. The first-order valence-corrected chi connectivity index (χ1v) is 6.43. The Morgan fingerprint density at radius 3 is 2.95 bits per heavy atom. The number of hydrogen-bond donors (Lipinski definition) is 1. The SMILES string of the molecule is Cc1ccc(Br)cc1OCc1cccnc1C(=O)O. The van der Waals surface area contributed by atoms with Gasteiger partial charge in [-0.2, -0.15) is 0 Å². The molecule has 0 saturated heterocycles. The van der Waals surface area contributed by atoms with Gasteiger partial charge in [-0.3, -0.25) is 0 Å². The summed E-state index contributed by atoms with van der Waals surface area (Å²) in [7, 11) is 0. The van der Waals surface area contributed by atoms with Gasteiger partial charge in [0.2, 0.25) is 0 Å². The molecule has 0 spiro atoms. The summed E-state index contributed by atoms with van der Waals surface area (Å²) in [5.41, 5.74) is 1.56. The Kier molecular flexibility index (Phi) is 4.16. The predicted octanol–water partition coefficient (Wildman–Crippen LogP) is 3.43. The van der Waals surface area contributed by atoms with Gasteiger partial charge < -0.3 is 9.84 Å². The number of carboxylic acids is 1. The Morgan fingerprint density at radius 2 is 2.21 bits per heavy atom. The normalized spacial score (nSPS) is 10.2. The minimum Gasteiger partial charge on any atom is -0.489 e. The van der Waals surface area contributed by atoms with Crippen LogP contribution in [0, 0.1) is 6.92 Å². The third-order valence-corrected chi connectivity index (χ3v) is 3.12. The molecule has 0 fully saturated rings. The van der Waals surface area contributed by atoms with Crippen LogP contribution in [0.15, 0.2) is 41.0 Å². The van der Waals surface area contributed by atoms with Gasteiger partial charge in [0.1, 0.15) is 12.4 Å². The van der Waals surface area contributed by atoms with Crippen molar-refractivity contribution in [1.29, 1.82) is 0 Å². The quantitative estimate of drug-likeness (QED) is 0.937. The van der Waals surface area contributed by atoms with Crippen molar-refractivity contribution < 1.29 is 14.6 Å². The van der Waals surface area contributed by atoms with Crippen molar-refractivity contribution in [1.82, 2.24) is 4.98 Å². The number of pyridine rings is 1. The van der Waals surface area contributed by atoms with E-state index >= 15 is 0 Å². The molecule has 4 nitrogen and oxygen atoms in total. The third kappa shape index (κ3) is 3.32. The molecule has 98 valence electrons. The Balaban J connectivity index is 2.19. The second-order valence-corrected chi connectivity index (χ2v) is 4.93. The Bertz CT molecular complexity index is 613. The molecule has 0 radical (unpaired) electrons. The number of benzene rings is 1. The number of nitrogens with zero attached hydrogens (tertiary/aromatic N) is 1. The lowest BCUT2D eigenvalue weighted by atomic mass is 10.2. The third-order valence-electron chi connectivity index (χ3n) is 2.63. The number of carboxylic acid groups (broad SMARTS) is 1. The Labute approximate surface area is 119 Å². The number of ether oxygens (including phenoxy) is 1. The van der Waals surface area contributed by atoms with E-state index < -0.39 is 5.97 Å². The summed E-state index contributed by atoms with van der Waals surface area (Å²) in [5.74, 6) is -0.334. The zero-order valence-corrected chi connectivity index (χ0v) is 11.8. The number of aromatic carboxylic acids is 1. The highest BCUT2D eigenvalue weighted by atomic mass is 79.9. The molecule has 0 atom stereocenters. The van der Waals surface area contributed by atoms with E-state index in [1.165, 1.54) is 6.20 Å². The van der Waals surface area contributed by atoms with Gasteiger partial charge in [0, 0.05) is 16.2 Å². The van der Waals surface area contributed by atoms with E-state index in [9.17, 15) is 4.79 Å². The van der Waals surface area contributed by atoms with Crippen LogP contribution >= 0.6 is 15.9 Å².